The first-order chi connectivity index (χ1) is 14.5. The molecule has 0 atom stereocenters. The first-order valence-corrected chi connectivity index (χ1v) is 11.0. The van der Waals surface area contributed by atoms with E-state index in [1.165, 1.54) is 11.1 Å². The molecule has 0 spiro atoms. The molecule has 0 aliphatic heterocycles. The number of aromatic nitrogens is 2. The third kappa shape index (κ3) is 4.66. The maximum atomic E-state index is 11.9. The molecular formula is C25H31N3O2. The standard InChI is InChI=1S/C25H31N3O2/c1-17(2)20-11-8-18(3)16-23(20)30-15-14-28-22-7-5-4-6-21(22)27-24(28)12-13-26-25(29)19-9-10-19/h4-8,11,16-17,19H,9-10,12-15H2,1-3H3,(H,26,29). The highest BCUT2D eigenvalue weighted by molar-refractivity contribution is 5.80. The van der Waals surface area contributed by atoms with Gasteiger partial charge in [0.2, 0.25) is 5.91 Å². The fourth-order valence-corrected chi connectivity index (χ4v) is 3.84. The Morgan fingerprint density at radius 1 is 1.23 bits per heavy atom. The Kier molecular flexibility index (Phi) is 6.07. The van der Waals surface area contributed by atoms with Crippen molar-refractivity contribution in [2.75, 3.05) is 13.2 Å². The Balaban J connectivity index is 1.46. The molecule has 1 amide bonds. The molecule has 0 bridgehead atoms. The van der Waals surface area contributed by atoms with Crippen molar-refractivity contribution in [1.29, 1.82) is 0 Å². The third-order valence-corrected chi connectivity index (χ3v) is 5.69. The highest BCUT2D eigenvalue weighted by Crippen LogP contribution is 2.29. The van der Waals surface area contributed by atoms with Crippen molar-refractivity contribution in [3.63, 3.8) is 0 Å². The average Bonchev–Trinajstić information content (AvgIpc) is 3.51. The zero-order valence-corrected chi connectivity index (χ0v) is 18.1. The van der Waals surface area contributed by atoms with Gasteiger partial charge in [-0.3, -0.25) is 4.79 Å². The minimum atomic E-state index is 0.182. The third-order valence-electron chi connectivity index (χ3n) is 5.69. The van der Waals surface area contributed by atoms with Crippen LogP contribution < -0.4 is 10.1 Å². The van der Waals surface area contributed by atoms with Crippen LogP contribution in [0.1, 0.15) is 49.6 Å². The van der Waals surface area contributed by atoms with E-state index in [9.17, 15) is 4.79 Å². The summed E-state index contributed by atoms with van der Waals surface area (Å²) in [6.45, 7) is 8.38. The molecule has 1 saturated carbocycles. The van der Waals surface area contributed by atoms with Gasteiger partial charge >= 0.3 is 0 Å². The molecule has 1 fully saturated rings. The van der Waals surface area contributed by atoms with Crippen LogP contribution in [0.25, 0.3) is 11.0 Å². The number of ether oxygens (including phenoxy) is 1. The molecule has 30 heavy (non-hydrogen) atoms. The molecule has 1 aliphatic rings. The van der Waals surface area contributed by atoms with Crippen molar-refractivity contribution in [3.05, 3.63) is 59.4 Å². The monoisotopic (exact) mass is 405 g/mol. The molecule has 1 heterocycles. The summed E-state index contributed by atoms with van der Waals surface area (Å²) in [5.74, 6) is 2.79. The molecule has 1 aliphatic carbocycles. The minimum absolute atomic E-state index is 0.182. The number of benzene rings is 2. The number of carbonyl (C=O) groups is 1. The maximum absolute atomic E-state index is 11.9. The lowest BCUT2D eigenvalue weighted by atomic mass is 10.0. The van der Waals surface area contributed by atoms with Crippen LogP contribution in [0.5, 0.6) is 5.75 Å². The fourth-order valence-electron chi connectivity index (χ4n) is 3.84. The quantitative estimate of drug-likeness (QED) is 0.565. The summed E-state index contributed by atoms with van der Waals surface area (Å²) in [5.41, 5.74) is 4.53. The predicted molar refractivity (Wildman–Crippen MR) is 120 cm³/mol. The predicted octanol–water partition coefficient (Wildman–Crippen LogP) is 4.62. The first kappa shape index (κ1) is 20.5. The minimum Gasteiger partial charge on any atom is -0.491 e. The van der Waals surface area contributed by atoms with E-state index in [4.69, 9.17) is 9.72 Å². The van der Waals surface area contributed by atoms with Gasteiger partial charge in [-0.1, -0.05) is 38.1 Å². The lowest BCUT2D eigenvalue weighted by Gasteiger charge is -2.16. The summed E-state index contributed by atoms with van der Waals surface area (Å²) in [5, 5.41) is 3.05. The van der Waals surface area contributed by atoms with E-state index in [1.807, 2.05) is 18.2 Å². The SMILES string of the molecule is Cc1ccc(C(C)C)c(OCCn2c(CCNC(=O)C3CC3)nc3ccccc32)c1. The molecule has 3 aromatic rings. The molecule has 0 unspecified atom stereocenters. The molecule has 0 saturated heterocycles. The Bertz CT molecular complexity index is 1030. The van der Waals surface area contributed by atoms with Crippen LogP contribution in [0.15, 0.2) is 42.5 Å². The molecule has 2 aromatic carbocycles. The summed E-state index contributed by atoms with van der Waals surface area (Å²) in [6.07, 6.45) is 2.77. The number of imidazole rings is 1. The van der Waals surface area contributed by atoms with Crippen molar-refractivity contribution < 1.29 is 9.53 Å². The zero-order valence-electron chi connectivity index (χ0n) is 18.1. The van der Waals surface area contributed by atoms with Crippen LogP contribution in [-0.4, -0.2) is 28.6 Å². The van der Waals surface area contributed by atoms with Gasteiger partial charge in [0.05, 0.1) is 17.6 Å². The Morgan fingerprint density at radius 3 is 2.80 bits per heavy atom. The number of aryl methyl sites for hydroxylation is 1. The fraction of sp³-hybridized carbons (Fsp3) is 0.440. The summed E-state index contributed by atoms with van der Waals surface area (Å²) >= 11 is 0. The maximum Gasteiger partial charge on any atom is 0.223 e. The molecule has 4 rings (SSSR count). The first-order valence-electron chi connectivity index (χ1n) is 11.0. The van der Waals surface area contributed by atoms with E-state index in [0.717, 1.165) is 48.4 Å². The van der Waals surface area contributed by atoms with Crippen LogP contribution in [0.3, 0.4) is 0 Å². The normalized spacial score (nSPS) is 13.7. The second-order valence-electron chi connectivity index (χ2n) is 8.53. The van der Waals surface area contributed by atoms with Gasteiger partial charge in [0, 0.05) is 18.9 Å². The van der Waals surface area contributed by atoms with E-state index in [0.29, 0.717) is 19.1 Å². The summed E-state index contributed by atoms with van der Waals surface area (Å²) in [6, 6.07) is 14.6. The number of amides is 1. The van der Waals surface area contributed by atoms with Crippen LogP contribution in [0, 0.1) is 12.8 Å². The molecule has 5 nitrogen and oxygen atoms in total. The van der Waals surface area contributed by atoms with E-state index >= 15 is 0 Å². The van der Waals surface area contributed by atoms with Gasteiger partial charge in [-0.15, -0.1) is 0 Å². The van der Waals surface area contributed by atoms with Gasteiger partial charge in [-0.2, -0.15) is 0 Å². The lowest BCUT2D eigenvalue weighted by Crippen LogP contribution is -2.27. The molecule has 0 radical (unpaired) electrons. The smallest absolute Gasteiger partial charge is 0.223 e. The van der Waals surface area contributed by atoms with Crippen LogP contribution in [0.4, 0.5) is 0 Å². The van der Waals surface area contributed by atoms with Crippen LogP contribution >= 0.6 is 0 Å². The van der Waals surface area contributed by atoms with Crippen molar-refractivity contribution >= 4 is 16.9 Å². The van der Waals surface area contributed by atoms with Crippen molar-refractivity contribution in [2.24, 2.45) is 5.92 Å². The molecule has 1 N–H and O–H groups in total. The van der Waals surface area contributed by atoms with E-state index < -0.39 is 0 Å². The van der Waals surface area contributed by atoms with Gasteiger partial charge in [0.15, 0.2) is 0 Å². The van der Waals surface area contributed by atoms with E-state index in [2.05, 4.69) is 54.9 Å². The number of hydrogen-bond donors (Lipinski definition) is 1. The number of para-hydroxylation sites is 2. The van der Waals surface area contributed by atoms with E-state index in [-0.39, 0.29) is 11.8 Å². The van der Waals surface area contributed by atoms with Gasteiger partial charge < -0.3 is 14.6 Å². The second-order valence-corrected chi connectivity index (χ2v) is 8.53. The van der Waals surface area contributed by atoms with Gasteiger partial charge in [0.25, 0.3) is 0 Å². The highest BCUT2D eigenvalue weighted by atomic mass is 16.5. The van der Waals surface area contributed by atoms with Crippen LogP contribution in [-0.2, 0) is 17.8 Å². The Morgan fingerprint density at radius 2 is 2.03 bits per heavy atom. The number of rotatable bonds is 9. The van der Waals surface area contributed by atoms with Gasteiger partial charge in [-0.05, 0) is 55.0 Å². The van der Waals surface area contributed by atoms with Crippen molar-refractivity contribution in [2.45, 2.75) is 52.5 Å². The molecule has 1 aromatic heterocycles. The number of nitrogens with zero attached hydrogens (tertiary/aromatic N) is 2. The number of fused-ring (bicyclic) bond motifs is 1. The molecular weight excluding hydrogens is 374 g/mol. The molecule has 5 heteroatoms. The summed E-state index contributed by atoms with van der Waals surface area (Å²) in [7, 11) is 0. The van der Waals surface area contributed by atoms with Crippen LogP contribution in [0.2, 0.25) is 0 Å². The number of nitrogens with one attached hydrogen (secondary N) is 1. The van der Waals surface area contributed by atoms with E-state index in [1.54, 1.807) is 0 Å². The topological polar surface area (TPSA) is 56.1 Å². The second kappa shape index (κ2) is 8.90. The zero-order chi connectivity index (χ0) is 21.1. The number of hydrogen-bond acceptors (Lipinski definition) is 3. The number of carbonyl (C=O) groups excluding carboxylic acids is 1. The average molecular weight is 406 g/mol. The molecule has 158 valence electrons. The van der Waals surface area contributed by atoms with Crippen molar-refractivity contribution in [3.8, 4) is 5.75 Å². The lowest BCUT2D eigenvalue weighted by molar-refractivity contribution is -0.122. The largest absolute Gasteiger partial charge is 0.491 e. The summed E-state index contributed by atoms with van der Waals surface area (Å²) < 4.78 is 8.45. The Hall–Kier alpha value is -2.82. The summed E-state index contributed by atoms with van der Waals surface area (Å²) in [4.78, 5) is 16.7. The van der Waals surface area contributed by atoms with Gasteiger partial charge in [-0.25, -0.2) is 4.98 Å². The van der Waals surface area contributed by atoms with Crippen molar-refractivity contribution in [1.82, 2.24) is 14.9 Å². The Labute approximate surface area is 178 Å². The van der Waals surface area contributed by atoms with Gasteiger partial charge in [0.1, 0.15) is 18.2 Å². The highest BCUT2D eigenvalue weighted by Gasteiger charge is 2.29.